The summed E-state index contributed by atoms with van der Waals surface area (Å²) < 4.78 is 0. The molecule has 22 heavy (non-hydrogen) atoms. The number of nitrogens with zero attached hydrogens (tertiary/aromatic N) is 1. The van der Waals surface area contributed by atoms with Crippen molar-refractivity contribution < 1.29 is 9.59 Å². The van der Waals surface area contributed by atoms with Gasteiger partial charge in [-0.05, 0) is 31.2 Å². The van der Waals surface area contributed by atoms with Crippen LogP contribution in [0.25, 0.3) is 0 Å². The molecule has 0 saturated carbocycles. The molecule has 0 aliphatic carbocycles. The van der Waals surface area contributed by atoms with E-state index in [1.54, 1.807) is 4.90 Å². The quantitative estimate of drug-likeness (QED) is 0.364. The molecule has 0 spiro atoms. The first-order valence-electron chi connectivity index (χ1n) is 7.56. The summed E-state index contributed by atoms with van der Waals surface area (Å²) in [7, 11) is 0. The fourth-order valence-electron chi connectivity index (χ4n) is 2.60. The lowest BCUT2D eigenvalue weighted by Crippen LogP contribution is -2.58. The Kier molecular flexibility index (Phi) is 6.17. The fourth-order valence-corrected chi connectivity index (χ4v) is 2.60. The van der Waals surface area contributed by atoms with Crippen molar-refractivity contribution in [1.82, 2.24) is 21.2 Å². The lowest BCUT2D eigenvalue weighted by Gasteiger charge is -2.36. The number of amides is 3. The molecule has 1 aliphatic rings. The van der Waals surface area contributed by atoms with Gasteiger partial charge >= 0.3 is 6.03 Å². The third kappa shape index (κ3) is 4.71. The predicted molar refractivity (Wildman–Crippen MR) is 83.1 cm³/mol. The van der Waals surface area contributed by atoms with Crippen LogP contribution in [-0.4, -0.2) is 29.5 Å². The number of carbonyl (C=O) groups is 2. The van der Waals surface area contributed by atoms with Crippen LogP contribution in [0.15, 0.2) is 30.3 Å². The van der Waals surface area contributed by atoms with E-state index < -0.39 is 6.03 Å². The molecule has 7 nitrogen and oxygen atoms in total. The minimum atomic E-state index is -0.526. The van der Waals surface area contributed by atoms with Crippen LogP contribution in [0.3, 0.4) is 0 Å². The Labute approximate surface area is 130 Å². The standard InChI is InChI=1S/C15H23N5O2/c16-17-15(22)19-18-13-8-4-5-11-20(13)14(21)10-9-12-6-2-1-3-7-12/h1-3,6-7,13,18H,4-5,8-11,16H2,(H2,17,19,22). The van der Waals surface area contributed by atoms with Crippen LogP contribution in [0.1, 0.15) is 31.2 Å². The Bertz CT molecular complexity index is 494. The van der Waals surface area contributed by atoms with Gasteiger partial charge in [0.1, 0.15) is 0 Å². The average Bonchev–Trinajstić information content (AvgIpc) is 2.58. The number of hydrogen-bond acceptors (Lipinski definition) is 4. The lowest BCUT2D eigenvalue weighted by atomic mass is 10.1. The number of urea groups is 1. The number of hydrazine groups is 2. The summed E-state index contributed by atoms with van der Waals surface area (Å²) in [6, 6.07) is 9.42. The number of hydrogen-bond donors (Lipinski definition) is 4. The molecule has 3 amide bonds. The maximum absolute atomic E-state index is 12.4. The van der Waals surface area contributed by atoms with Crippen molar-refractivity contribution in [2.45, 2.75) is 38.3 Å². The van der Waals surface area contributed by atoms with Crippen LogP contribution in [0, 0.1) is 0 Å². The number of nitrogens with one attached hydrogen (secondary N) is 3. The molecule has 0 bridgehead atoms. The highest BCUT2D eigenvalue weighted by Gasteiger charge is 2.26. The first-order chi connectivity index (χ1) is 10.7. The summed E-state index contributed by atoms with van der Waals surface area (Å²) in [6.45, 7) is 0.706. The van der Waals surface area contributed by atoms with Crippen LogP contribution in [-0.2, 0) is 11.2 Å². The van der Waals surface area contributed by atoms with Crippen molar-refractivity contribution in [3.63, 3.8) is 0 Å². The Morgan fingerprint density at radius 2 is 2.00 bits per heavy atom. The van der Waals surface area contributed by atoms with Gasteiger partial charge in [-0.2, -0.15) is 0 Å². The fraction of sp³-hybridized carbons (Fsp3) is 0.467. The number of rotatable bonds is 5. The molecule has 1 atom stereocenters. The van der Waals surface area contributed by atoms with Crippen molar-refractivity contribution in [3.8, 4) is 0 Å². The number of aryl methyl sites for hydroxylation is 1. The molecule has 1 unspecified atom stereocenters. The van der Waals surface area contributed by atoms with Crippen molar-refractivity contribution in [2.75, 3.05) is 6.54 Å². The molecule has 7 heteroatoms. The highest BCUT2D eigenvalue weighted by molar-refractivity contribution is 5.77. The van der Waals surface area contributed by atoms with Crippen molar-refractivity contribution in [3.05, 3.63) is 35.9 Å². The Morgan fingerprint density at radius 3 is 2.73 bits per heavy atom. The monoisotopic (exact) mass is 305 g/mol. The predicted octanol–water partition coefficient (Wildman–Crippen LogP) is 0.635. The molecule has 2 rings (SSSR count). The number of benzene rings is 1. The van der Waals surface area contributed by atoms with Crippen LogP contribution >= 0.6 is 0 Å². The van der Waals surface area contributed by atoms with Crippen LogP contribution in [0.2, 0.25) is 0 Å². The molecule has 1 aliphatic heterocycles. The van der Waals surface area contributed by atoms with Gasteiger partial charge in [0.15, 0.2) is 0 Å². The van der Waals surface area contributed by atoms with Gasteiger partial charge in [0.2, 0.25) is 5.91 Å². The van der Waals surface area contributed by atoms with Gasteiger partial charge in [-0.25, -0.2) is 16.1 Å². The Balaban J connectivity index is 1.86. The zero-order chi connectivity index (χ0) is 15.8. The van der Waals surface area contributed by atoms with E-state index in [0.717, 1.165) is 31.2 Å². The molecular formula is C15H23N5O2. The molecule has 0 radical (unpaired) electrons. The Morgan fingerprint density at radius 1 is 1.23 bits per heavy atom. The zero-order valence-electron chi connectivity index (χ0n) is 12.5. The molecule has 120 valence electrons. The van der Waals surface area contributed by atoms with Crippen molar-refractivity contribution in [1.29, 1.82) is 0 Å². The SMILES string of the molecule is NNC(=O)NNC1CCCCN1C(=O)CCc1ccccc1. The molecule has 1 heterocycles. The molecular weight excluding hydrogens is 282 g/mol. The van der Waals surface area contributed by atoms with Gasteiger partial charge in [-0.3, -0.25) is 15.6 Å². The topological polar surface area (TPSA) is 99.5 Å². The summed E-state index contributed by atoms with van der Waals surface area (Å²) in [5.74, 6) is 5.11. The number of nitrogens with two attached hydrogens (primary N) is 1. The Hall–Kier alpha value is -2.12. The van der Waals surface area contributed by atoms with Gasteiger partial charge in [0.05, 0.1) is 6.17 Å². The third-order valence-corrected chi connectivity index (χ3v) is 3.78. The van der Waals surface area contributed by atoms with Crippen LogP contribution < -0.4 is 22.1 Å². The van der Waals surface area contributed by atoms with Crippen molar-refractivity contribution >= 4 is 11.9 Å². The second-order valence-corrected chi connectivity index (χ2v) is 5.33. The first kappa shape index (κ1) is 16.3. The largest absolute Gasteiger partial charge is 0.343 e. The zero-order valence-corrected chi connectivity index (χ0v) is 12.5. The second-order valence-electron chi connectivity index (χ2n) is 5.33. The highest BCUT2D eigenvalue weighted by atomic mass is 16.2. The smallest absolute Gasteiger partial charge is 0.326 e. The third-order valence-electron chi connectivity index (χ3n) is 3.78. The number of piperidine rings is 1. The summed E-state index contributed by atoms with van der Waals surface area (Å²) in [4.78, 5) is 25.4. The van der Waals surface area contributed by atoms with E-state index >= 15 is 0 Å². The molecule has 5 N–H and O–H groups in total. The maximum Gasteiger partial charge on any atom is 0.343 e. The number of carbonyl (C=O) groups excluding carboxylic acids is 2. The summed E-state index contributed by atoms with van der Waals surface area (Å²) >= 11 is 0. The molecule has 1 fully saturated rings. The summed E-state index contributed by atoms with van der Waals surface area (Å²) in [6.07, 6.45) is 3.81. The van der Waals surface area contributed by atoms with E-state index in [0.29, 0.717) is 13.0 Å². The molecule has 1 saturated heterocycles. The van der Waals surface area contributed by atoms with E-state index in [2.05, 4.69) is 10.9 Å². The molecule has 1 aromatic carbocycles. The van der Waals surface area contributed by atoms with Gasteiger partial charge in [0.25, 0.3) is 0 Å². The van der Waals surface area contributed by atoms with Gasteiger partial charge in [-0.15, -0.1) is 0 Å². The summed E-state index contributed by atoms with van der Waals surface area (Å²) in [5.41, 5.74) is 8.44. The molecule has 1 aromatic rings. The van der Waals surface area contributed by atoms with Crippen LogP contribution in [0.4, 0.5) is 4.79 Å². The molecule has 0 aromatic heterocycles. The average molecular weight is 305 g/mol. The van der Waals surface area contributed by atoms with E-state index in [4.69, 9.17) is 5.84 Å². The number of likely N-dealkylation sites (tertiary alicyclic amines) is 1. The normalized spacial score (nSPS) is 17.9. The van der Waals surface area contributed by atoms with Crippen molar-refractivity contribution in [2.24, 2.45) is 5.84 Å². The van der Waals surface area contributed by atoms with Gasteiger partial charge < -0.3 is 4.90 Å². The van der Waals surface area contributed by atoms with E-state index in [-0.39, 0.29) is 12.1 Å². The first-order valence-corrected chi connectivity index (χ1v) is 7.56. The van der Waals surface area contributed by atoms with Crippen LogP contribution in [0.5, 0.6) is 0 Å². The minimum Gasteiger partial charge on any atom is -0.326 e. The minimum absolute atomic E-state index is 0.0935. The maximum atomic E-state index is 12.4. The second kappa shape index (κ2) is 8.35. The van der Waals surface area contributed by atoms with Gasteiger partial charge in [-0.1, -0.05) is 30.3 Å². The highest BCUT2D eigenvalue weighted by Crippen LogP contribution is 2.16. The van der Waals surface area contributed by atoms with E-state index in [1.807, 2.05) is 35.8 Å². The lowest BCUT2D eigenvalue weighted by molar-refractivity contribution is -0.135. The van der Waals surface area contributed by atoms with Gasteiger partial charge in [0, 0.05) is 13.0 Å². The van der Waals surface area contributed by atoms with E-state index in [1.165, 1.54) is 0 Å². The summed E-state index contributed by atoms with van der Waals surface area (Å²) in [5, 5.41) is 0. The van der Waals surface area contributed by atoms with E-state index in [9.17, 15) is 9.59 Å².